The van der Waals surface area contributed by atoms with Crippen LogP contribution in [0.5, 0.6) is 5.75 Å². The number of rotatable bonds is 4. The molecule has 4 rings (SSSR count). The number of phenols is 1. The summed E-state index contributed by atoms with van der Waals surface area (Å²) in [6, 6.07) is 7.97. The second-order valence-electron chi connectivity index (χ2n) is 11.9. The summed E-state index contributed by atoms with van der Waals surface area (Å²) < 4.78 is 10.7. The number of ether oxygens (including phenoxy) is 2. The smallest absolute Gasteiger partial charge is 0.310 e. The zero-order valence-electron chi connectivity index (χ0n) is 23.0. The minimum absolute atomic E-state index is 0.120. The number of hydrogen-bond acceptors (Lipinski definition) is 5. The summed E-state index contributed by atoms with van der Waals surface area (Å²) in [5, 5.41) is 9.91. The summed E-state index contributed by atoms with van der Waals surface area (Å²) in [4.78, 5) is 23.8. The number of phenolic OH excluding ortho intramolecular Hbond substituents is 1. The van der Waals surface area contributed by atoms with E-state index in [0.717, 1.165) is 43.2 Å². The Kier molecular flexibility index (Phi) is 8.53. The highest BCUT2D eigenvalue weighted by molar-refractivity contribution is 5.75. The molecule has 0 spiro atoms. The van der Waals surface area contributed by atoms with Crippen LogP contribution in [0.2, 0.25) is 0 Å². The second-order valence-corrected chi connectivity index (χ2v) is 11.9. The molecule has 0 atom stereocenters. The van der Waals surface area contributed by atoms with E-state index in [2.05, 4.69) is 19.1 Å². The third-order valence-electron chi connectivity index (χ3n) is 6.49. The summed E-state index contributed by atoms with van der Waals surface area (Å²) in [7, 11) is 0. The molecule has 0 saturated heterocycles. The highest BCUT2D eigenvalue weighted by Gasteiger charge is 2.23. The second kappa shape index (κ2) is 11.1. The lowest BCUT2D eigenvalue weighted by atomic mass is 9.96. The van der Waals surface area contributed by atoms with E-state index in [1.54, 1.807) is 6.07 Å². The molecule has 0 unspecified atom stereocenters. The van der Waals surface area contributed by atoms with Gasteiger partial charge >= 0.3 is 11.9 Å². The molecule has 0 radical (unpaired) electrons. The molecule has 0 aromatic heterocycles. The van der Waals surface area contributed by atoms with Crippen molar-refractivity contribution >= 4 is 11.9 Å². The van der Waals surface area contributed by atoms with Gasteiger partial charge in [0.25, 0.3) is 0 Å². The van der Waals surface area contributed by atoms with Crippen molar-refractivity contribution in [2.24, 2.45) is 0 Å². The minimum Gasteiger partial charge on any atom is -0.508 e. The Morgan fingerprint density at radius 2 is 1.17 bits per heavy atom. The van der Waals surface area contributed by atoms with Crippen LogP contribution >= 0.6 is 0 Å². The lowest BCUT2D eigenvalue weighted by Gasteiger charge is -2.20. The van der Waals surface area contributed by atoms with Crippen LogP contribution in [0.3, 0.4) is 0 Å². The Balaban J connectivity index is 0.000000201. The van der Waals surface area contributed by atoms with Gasteiger partial charge in [-0.05, 0) is 126 Å². The molecule has 0 saturated carbocycles. The van der Waals surface area contributed by atoms with Gasteiger partial charge < -0.3 is 14.6 Å². The predicted octanol–water partition coefficient (Wildman–Crippen LogP) is 6.13. The molecule has 0 bridgehead atoms. The number of aryl methyl sites for hydroxylation is 3. The van der Waals surface area contributed by atoms with E-state index in [0.29, 0.717) is 6.42 Å². The van der Waals surface area contributed by atoms with E-state index >= 15 is 0 Å². The van der Waals surface area contributed by atoms with Crippen molar-refractivity contribution in [1.29, 1.82) is 0 Å². The maximum Gasteiger partial charge on any atom is 0.310 e. The normalized spacial score (nSPS) is 14.4. The van der Waals surface area contributed by atoms with Crippen LogP contribution in [0.25, 0.3) is 0 Å². The highest BCUT2D eigenvalue weighted by atomic mass is 16.6. The van der Waals surface area contributed by atoms with Gasteiger partial charge in [0.15, 0.2) is 0 Å². The van der Waals surface area contributed by atoms with Crippen molar-refractivity contribution in [3.05, 3.63) is 63.2 Å². The van der Waals surface area contributed by atoms with Crippen molar-refractivity contribution in [2.45, 2.75) is 111 Å². The Morgan fingerprint density at radius 3 is 1.67 bits per heavy atom. The van der Waals surface area contributed by atoms with Gasteiger partial charge in [-0.3, -0.25) is 9.59 Å². The molecule has 0 heterocycles. The number of aromatic hydroxyl groups is 1. The van der Waals surface area contributed by atoms with Crippen molar-refractivity contribution in [2.75, 3.05) is 0 Å². The van der Waals surface area contributed by atoms with Crippen LogP contribution in [0.15, 0.2) is 24.3 Å². The summed E-state index contributed by atoms with van der Waals surface area (Å²) in [6.07, 6.45) is 7.11. The van der Waals surface area contributed by atoms with Gasteiger partial charge in [0.1, 0.15) is 17.0 Å². The number of carbonyl (C=O) groups excluding carboxylic acids is 2. The van der Waals surface area contributed by atoms with Gasteiger partial charge in [-0.2, -0.15) is 0 Å². The van der Waals surface area contributed by atoms with Gasteiger partial charge in [-0.25, -0.2) is 0 Å². The van der Waals surface area contributed by atoms with Crippen LogP contribution in [0.4, 0.5) is 0 Å². The van der Waals surface area contributed by atoms with Crippen LogP contribution < -0.4 is 0 Å². The quantitative estimate of drug-likeness (QED) is 0.518. The van der Waals surface area contributed by atoms with Crippen LogP contribution in [-0.2, 0) is 57.6 Å². The molecule has 36 heavy (non-hydrogen) atoms. The summed E-state index contributed by atoms with van der Waals surface area (Å²) in [6.45, 7) is 13.4. The Bertz CT molecular complexity index is 1030. The maximum absolute atomic E-state index is 12.0. The van der Waals surface area contributed by atoms with E-state index in [1.807, 2.05) is 47.6 Å². The molecular weight excluding hydrogens is 452 g/mol. The molecule has 0 amide bonds. The van der Waals surface area contributed by atoms with E-state index in [-0.39, 0.29) is 24.1 Å². The molecule has 0 aliphatic heterocycles. The number of hydrogen-bond donors (Lipinski definition) is 1. The maximum atomic E-state index is 12.0. The van der Waals surface area contributed by atoms with Crippen LogP contribution in [0, 0.1) is 6.92 Å². The summed E-state index contributed by atoms with van der Waals surface area (Å²) >= 11 is 0. The fourth-order valence-corrected chi connectivity index (χ4v) is 5.08. The Labute approximate surface area is 216 Å². The molecule has 5 heteroatoms. The molecule has 2 aliphatic carbocycles. The first-order valence-electron chi connectivity index (χ1n) is 13.1. The highest BCUT2D eigenvalue weighted by Crippen LogP contribution is 2.32. The van der Waals surface area contributed by atoms with Crippen LogP contribution in [0.1, 0.15) is 93.3 Å². The third kappa shape index (κ3) is 7.59. The molecule has 196 valence electrons. The number of esters is 2. The average Bonchev–Trinajstić information content (AvgIpc) is 3.39. The number of fused-ring (bicyclic) bond motifs is 2. The molecule has 0 fully saturated rings. The third-order valence-corrected chi connectivity index (χ3v) is 6.49. The Morgan fingerprint density at radius 1 is 0.722 bits per heavy atom. The van der Waals surface area contributed by atoms with E-state index in [1.165, 1.54) is 34.2 Å². The molecular formula is C31H42O5. The first-order valence-corrected chi connectivity index (χ1v) is 13.1. The lowest BCUT2D eigenvalue weighted by molar-refractivity contribution is -0.155. The molecule has 1 N–H and O–H groups in total. The zero-order valence-corrected chi connectivity index (χ0v) is 23.0. The van der Waals surface area contributed by atoms with Crippen molar-refractivity contribution in [1.82, 2.24) is 0 Å². The van der Waals surface area contributed by atoms with Gasteiger partial charge in [-0.1, -0.05) is 18.2 Å². The molecule has 2 aromatic carbocycles. The first-order chi connectivity index (χ1) is 16.7. The predicted molar refractivity (Wildman–Crippen MR) is 142 cm³/mol. The van der Waals surface area contributed by atoms with Crippen molar-refractivity contribution < 1.29 is 24.2 Å². The van der Waals surface area contributed by atoms with Crippen molar-refractivity contribution in [3.8, 4) is 5.75 Å². The van der Waals surface area contributed by atoms with Crippen molar-refractivity contribution in [3.63, 3.8) is 0 Å². The summed E-state index contributed by atoms with van der Waals surface area (Å²) in [5.41, 5.74) is 7.47. The largest absolute Gasteiger partial charge is 0.508 e. The van der Waals surface area contributed by atoms with E-state index < -0.39 is 11.2 Å². The van der Waals surface area contributed by atoms with Gasteiger partial charge in [0.2, 0.25) is 0 Å². The summed E-state index contributed by atoms with van der Waals surface area (Å²) in [5.74, 6) is -0.189. The standard InChI is InChI=1S/C16H22O2.C15H20O3/c1-11-8-9-12-6-5-7-13(12)14(11)10-15(17)18-16(2,3)4;1-15(2,3)18-14(17)9-12-11-6-4-5-10(11)7-8-13(12)16/h8-9H,5-7,10H2,1-4H3;7-8,16H,4-6,9H2,1-3H3. The fraction of sp³-hybridized carbons (Fsp3) is 0.548. The average molecular weight is 495 g/mol. The first kappa shape index (κ1) is 27.8. The number of carbonyl (C=O) groups is 2. The van der Waals surface area contributed by atoms with Gasteiger partial charge in [-0.15, -0.1) is 0 Å². The lowest BCUT2D eigenvalue weighted by Crippen LogP contribution is -2.25. The molecule has 2 aliphatic rings. The molecule has 2 aromatic rings. The van der Waals surface area contributed by atoms with Crippen LogP contribution in [-0.4, -0.2) is 28.2 Å². The van der Waals surface area contributed by atoms with E-state index in [4.69, 9.17) is 9.47 Å². The monoisotopic (exact) mass is 494 g/mol. The van der Waals surface area contributed by atoms with Gasteiger partial charge in [0, 0.05) is 5.56 Å². The fourth-order valence-electron chi connectivity index (χ4n) is 5.08. The van der Waals surface area contributed by atoms with Gasteiger partial charge in [0.05, 0.1) is 12.8 Å². The number of benzene rings is 2. The topological polar surface area (TPSA) is 72.8 Å². The van der Waals surface area contributed by atoms with E-state index in [9.17, 15) is 14.7 Å². The SMILES string of the molecule is CC(C)(C)OC(=O)Cc1c(O)ccc2c1CCC2.Cc1ccc2c(c1CC(=O)OC(C)(C)C)CCC2. The molecule has 5 nitrogen and oxygen atoms in total. The zero-order chi connectivity index (χ0) is 26.7. The minimum atomic E-state index is -0.481. The Hall–Kier alpha value is -2.82.